The fraction of sp³-hybridized carbons (Fsp3) is 0.522. The summed E-state index contributed by atoms with van der Waals surface area (Å²) in [5.74, 6) is 1.57. The highest BCUT2D eigenvalue weighted by molar-refractivity contribution is 5.47. The van der Waals surface area contributed by atoms with Crippen LogP contribution in [0.4, 0.5) is 0 Å². The fourth-order valence-corrected chi connectivity index (χ4v) is 4.78. The Bertz CT molecular complexity index is 868. The van der Waals surface area contributed by atoms with Gasteiger partial charge in [0.1, 0.15) is 0 Å². The van der Waals surface area contributed by atoms with Gasteiger partial charge >= 0.3 is 0 Å². The van der Waals surface area contributed by atoms with Crippen LogP contribution in [0.1, 0.15) is 62.0 Å². The molecular formula is C23H31N5. The number of aromatic nitrogens is 4. The van der Waals surface area contributed by atoms with E-state index >= 15 is 0 Å². The summed E-state index contributed by atoms with van der Waals surface area (Å²) in [5.41, 5.74) is 6.29. The van der Waals surface area contributed by atoms with Crippen LogP contribution in [0, 0.1) is 19.8 Å². The topological polar surface area (TPSA) is 46.8 Å². The summed E-state index contributed by atoms with van der Waals surface area (Å²) in [6, 6.07) is 6.53. The molecule has 1 aromatic carbocycles. The molecule has 0 N–H and O–H groups in total. The van der Waals surface area contributed by atoms with Crippen LogP contribution in [-0.4, -0.2) is 38.2 Å². The van der Waals surface area contributed by atoms with Crippen molar-refractivity contribution in [3.05, 3.63) is 59.0 Å². The molecule has 1 aliphatic carbocycles. The Morgan fingerprint density at radius 2 is 1.89 bits per heavy atom. The second-order valence-electron chi connectivity index (χ2n) is 8.43. The highest BCUT2D eigenvalue weighted by Gasteiger charge is 2.33. The van der Waals surface area contributed by atoms with Crippen molar-refractivity contribution in [3.8, 4) is 5.69 Å². The molecule has 1 unspecified atom stereocenters. The highest BCUT2D eigenvalue weighted by atomic mass is 15.6. The molecule has 148 valence electrons. The molecule has 1 fully saturated rings. The quantitative estimate of drug-likeness (QED) is 0.708. The molecule has 4 rings (SSSR count). The summed E-state index contributed by atoms with van der Waals surface area (Å²) >= 11 is 0. The minimum Gasteiger partial charge on any atom is -0.290 e. The maximum atomic E-state index is 4.55. The molecule has 1 aromatic heterocycles. The normalized spacial score (nSPS) is 21.5. The number of hydrogen-bond acceptors (Lipinski definition) is 4. The number of benzene rings is 1. The van der Waals surface area contributed by atoms with Crippen molar-refractivity contribution in [1.29, 1.82) is 0 Å². The number of hydrogen-bond donors (Lipinski definition) is 0. The maximum absolute atomic E-state index is 4.55. The summed E-state index contributed by atoms with van der Waals surface area (Å²) < 4.78 is 1.99. The summed E-state index contributed by atoms with van der Waals surface area (Å²) in [6.07, 6.45) is 8.30. The van der Waals surface area contributed by atoms with E-state index in [1.807, 2.05) is 4.68 Å². The van der Waals surface area contributed by atoms with Crippen molar-refractivity contribution < 1.29 is 0 Å². The van der Waals surface area contributed by atoms with Crippen molar-refractivity contribution in [2.24, 2.45) is 5.92 Å². The summed E-state index contributed by atoms with van der Waals surface area (Å²) in [6.45, 7) is 12.8. The van der Waals surface area contributed by atoms with Gasteiger partial charge in [0.2, 0.25) is 0 Å². The van der Waals surface area contributed by atoms with Crippen LogP contribution in [-0.2, 0) is 0 Å². The number of rotatable bonds is 5. The second-order valence-corrected chi connectivity index (χ2v) is 8.43. The Morgan fingerprint density at radius 1 is 1.18 bits per heavy atom. The predicted molar refractivity (Wildman–Crippen MR) is 112 cm³/mol. The van der Waals surface area contributed by atoms with Crippen LogP contribution in [0.5, 0.6) is 0 Å². The first kappa shape index (κ1) is 19.1. The molecule has 2 aliphatic rings. The molecule has 0 bridgehead atoms. The largest absolute Gasteiger partial charge is 0.290 e. The Kier molecular flexibility index (Phi) is 5.44. The minimum atomic E-state index is 0.169. The van der Waals surface area contributed by atoms with Gasteiger partial charge in [0.25, 0.3) is 0 Å². The Labute approximate surface area is 168 Å². The zero-order valence-electron chi connectivity index (χ0n) is 17.4. The maximum Gasteiger partial charge on any atom is 0.177 e. The van der Waals surface area contributed by atoms with E-state index in [-0.39, 0.29) is 6.04 Å². The number of aryl methyl sites for hydroxylation is 2. The standard InChI is InChI=1S/C23H31N5/c1-16(2)19-10-12-20(13-11-19)22(27-14-5-6-15-27)23-24-25-26-28(23)21-17(3)8-7-9-18(21)4/h7-9,12,19,22H,1,5-6,10-11,13-15H2,2-4H3/t19-,22?/m1/s1. The predicted octanol–water partition coefficient (Wildman–Crippen LogP) is 4.72. The van der Waals surface area contributed by atoms with Gasteiger partial charge in [-0.15, -0.1) is 5.10 Å². The number of nitrogens with zero attached hydrogens (tertiary/aromatic N) is 5. The van der Waals surface area contributed by atoms with E-state index in [4.69, 9.17) is 0 Å². The van der Waals surface area contributed by atoms with Crippen molar-refractivity contribution in [2.75, 3.05) is 13.1 Å². The molecule has 1 saturated heterocycles. The Hall–Kier alpha value is -2.27. The molecule has 0 radical (unpaired) electrons. The van der Waals surface area contributed by atoms with E-state index in [2.05, 4.69) is 72.1 Å². The molecule has 0 spiro atoms. The first-order chi connectivity index (χ1) is 13.6. The van der Waals surface area contributed by atoms with Crippen molar-refractivity contribution >= 4 is 0 Å². The van der Waals surface area contributed by atoms with E-state index in [0.29, 0.717) is 5.92 Å². The molecule has 2 aromatic rings. The van der Waals surface area contributed by atoms with Gasteiger partial charge in [-0.3, -0.25) is 4.90 Å². The highest BCUT2D eigenvalue weighted by Crippen LogP contribution is 2.39. The summed E-state index contributed by atoms with van der Waals surface area (Å²) in [7, 11) is 0. The average molecular weight is 378 g/mol. The van der Waals surface area contributed by atoms with Gasteiger partial charge in [0, 0.05) is 0 Å². The van der Waals surface area contributed by atoms with E-state index < -0.39 is 0 Å². The Balaban J connectivity index is 1.76. The van der Waals surface area contributed by atoms with Gasteiger partial charge in [-0.25, -0.2) is 0 Å². The Morgan fingerprint density at radius 3 is 2.50 bits per heavy atom. The second kappa shape index (κ2) is 8.00. The lowest BCUT2D eigenvalue weighted by atomic mass is 9.83. The number of para-hydroxylation sites is 1. The van der Waals surface area contributed by atoms with Crippen LogP contribution in [0.3, 0.4) is 0 Å². The molecular weight excluding hydrogens is 346 g/mol. The van der Waals surface area contributed by atoms with Crippen LogP contribution in [0.25, 0.3) is 5.69 Å². The first-order valence-corrected chi connectivity index (χ1v) is 10.5. The molecule has 28 heavy (non-hydrogen) atoms. The van der Waals surface area contributed by atoms with Gasteiger partial charge in [0.05, 0.1) is 11.7 Å². The number of allylic oxidation sites excluding steroid dienone is 2. The SMILES string of the molecule is C=C(C)[C@@H]1CC=C(C(c2nnnn2-c2c(C)cccc2C)N2CCCC2)CC1. The lowest BCUT2D eigenvalue weighted by molar-refractivity contribution is 0.254. The van der Waals surface area contributed by atoms with E-state index in [1.165, 1.54) is 41.5 Å². The van der Waals surface area contributed by atoms with Crippen LogP contribution in [0.15, 0.2) is 42.0 Å². The third-order valence-corrected chi connectivity index (χ3v) is 6.39. The van der Waals surface area contributed by atoms with Crippen LogP contribution >= 0.6 is 0 Å². The lowest BCUT2D eigenvalue weighted by Crippen LogP contribution is -2.31. The van der Waals surface area contributed by atoms with E-state index in [9.17, 15) is 0 Å². The minimum absolute atomic E-state index is 0.169. The molecule has 0 amide bonds. The zero-order valence-corrected chi connectivity index (χ0v) is 17.4. The van der Waals surface area contributed by atoms with E-state index in [0.717, 1.165) is 37.4 Å². The van der Waals surface area contributed by atoms with E-state index in [1.54, 1.807) is 0 Å². The van der Waals surface area contributed by atoms with Crippen molar-refractivity contribution in [1.82, 2.24) is 25.1 Å². The third kappa shape index (κ3) is 3.55. The smallest absolute Gasteiger partial charge is 0.177 e. The number of tetrazole rings is 1. The molecule has 0 saturated carbocycles. The lowest BCUT2D eigenvalue weighted by Gasteiger charge is -2.32. The molecule has 2 atom stereocenters. The van der Waals surface area contributed by atoms with Crippen LogP contribution in [0.2, 0.25) is 0 Å². The van der Waals surface area contributed by atoms with Gasteiger partial charge in [0.15, 0.2) is 5.82 Å². The van der Waals surface area contributed by atoms with Gasteiger partial charge < -0.3 is 0 Å². The summed E-state index contributed by atoms with van der Waals surface area (Å²) in [4.78, 5) is 2.57. The molecule has 5 nitrogen and oxygen atoms in total. The molecule has 2 heterocycles. The average Bonchev–Trinajstić information content (AvgIpc) is 3.36. The molecule has 1 aliphatic heterocycles. The third-order valence-electron chi connectivity index (χ3n) is 6.39. The van der Waals surface area contributed by atoms with Gasteiger partial charge in [-0.1, -0.05) is 36.4 Å². The molecule has 5 heteroatoms. The van der Waals surface area contributed by atoms with Crippen molar-refractivity contribution in [2.45, 2.75) is 58.9 Å². The first-order valence-electron chi connectivity index (χ1n) is 10.5. The van der Waals surface area contributed by atoms with Crippen LogP contribution < -0.4 is 0 Å². The summed E-state index contributed by atoms with van der Waals surface area (Å²) in [5, 5.41) is 13.1. The van der Waals surface area contributed by atoms with Gasteiger partial charge in [-0.2, -0.15) is 4.68 Å². The number of likely N-dealkylation sites (tertiary alicyclic amines) is 1. The van der Waals surface area contributed by atoms with Crippen molar-refractivity contribution in [3.63, 3.8) is 0 Å². The van der Waals surface area contributed by atoms with Gasteiger partial charge in [-0.05, 0) is 99.0 Å². The monoisotopic (exact) mass is 377 g/mol. The fourth-order valence-electron chi connectivity index (χ4n) is 4.78. The zero-order chi connectivity index (χ0) is 19.7.